The van der Waals surface area contributed by atoms with Crippen molar-refractivity contribution in [3.8, 4) is 0 Å². The zero-order valence-electron chi connectivity index (χ0n) is 12.8. The molecule has 0 spiro atoms. The molecule has 2 aliphatic rings. The summed E-state index contributed by atoms with van der Waals surface area (Å²) in [6.45, 7) is 4.42. The van der Waals surface area contributed by atoms with Gasteiger partial charge < -0.3 is 5.11 Å². The fourth-order valence-electron chi connectivity index (χ4n) is 4.32. The monoisotopic (exact) mass is 276 g/mol. The molecule has 3 atom stereocenters. The molecule has 3 unspecified atom stereocenters. The molecule has 1 N–H and O–H groups in total. The first kappa shape index (κ1) is 14.1. The van der Waals surface area contributed by atoms with Crippen molar-refractivity contribution in [2.24, 2.45) is 17.8 Å². The van der Waals surface area contributed by atoms with Crippen LogP contribution in [0.4, 0.5) is 0 Å². The first-order chi connectivity index (χ1) is 9.74. The Morgan fingerprint density at radius 2 is 1.90 bits per heavy atom. The van der Waals surface area contributed by atoms with E-state index in [0.717, 1.165) is 36.8 Å². The van der Waals surface area contributed by atoms with Gasteiger partial charge in [0, 0.05) is 12.6 Å². The van der Waals surface area contributed by atoms with E-state index in [1.807, 2.05) is 0 Å². The summed E-state index contributed by atoms with van der Waals surface area (Å²) in [5, 5.41) is 15.2. The van der Waals surface area contributed by atoms with Gasteiger partial charge in [0.25, 0.3) is 0 Å². The molecule has 112 valence electrons. The highest BCUT2D eigenvalue weighted by Crippen LogP contribution is 2.57. The van der Waals surface area contributed by atoms with E-state index < -0.39 is 0 Å². The lowest BCUT2D eigenvalue weighted by Gasteiger charge is -2.13. The van der Waals surface area contributed by atoms with E-state index in [1.165, 1.54) is 25.7 Å². The Labute approximate surface area is 122 Å². The summed E-state index contributed by atoms with van der Waals surface area (Å²) in [5.41, 5.74) is 1.06. The van der Waals surface area contributed by atoms with E-state index in [9.17, 15) is 5.11 Å². The van der Waals surface area contributed by atoms with Gasteiger partial charge in [-0.05, 0) is 49.5 Å². The number of aliphatic hydroxyl groups is 1. The van der Waals surface area contributed by atoms with Crippen LogP contribution in [0.25, 0.3) is 0 Å². The van der Waals surface area contributed by atoms with Crippen LogP contribution < -0.4 is 0 Å². The van der Waals surface area contributed by atoms with Crippen LogP contribution in [0.15, 0.2) is 12.3 Å². The SMILES string of the molecule is CCC(CC)n1ccc(CC(O)C2C3CCCCC32)n1. The molecule has 0 radical (unpaired) electrons. The number of nitrogens with zero attached hydrogens (tertiary/aromatic N) is 2. The van der Waals surface area contributed by atoms with Gasteiger partial charge in [0.1, 0.15) is 0 Å². The molecule has 0 bridgehead atoms. The van der Waals surface area contributed by atoms with Crippen molar-refractivity contribution >= 4 is 0 Å². The molecule has 3 rings (SSSR count). The summed E-state index contributed by atoms with van der Waals surface area (Å²) < 4.78 is 2.09. The lowest BCUT2D eigenvalue weighted by Crippen LogP contribution is -2.16. The average Bonchev–Trinajstić information content (AvgIpc) is 3.04. The molecule has 3 heteroatoms. The van der Waals surface area contributed by atoms with Gasteiger partial charge in [0.15, 0.2) is 0 Å². The second-order valence-electron chi connectivity index (χ2n) is 6.72. The summed E-state index contributed by atoms with van der Waals surface area (Å²) in [6, 6.07) is 2.59. The van der Waals surface area contributed by atoms with Crippen LogP contribution in [0.3, 0.4) is 0 Å². The number of hydrogen-bond acceptors (Lipinski definition) is 2. The largest absolute Gasteiger partial charge is 0.392 e. The van der Waals surface area contributed by atoms with Crippen LogP contribution >= 0.6 is 0 Å². The van der Waals surface area contributed by atoms with Gasteiger partial charge in [-0.2, -0.15) is 5.10 Å². The molecular weight excluding hydrogens is 248 g/mol. The fourth-order valence-corrected chi connectivity index (χ4v) is 4.32. The Balaban J connectivity index is 1.58. The lowest BCUT2D eigenvalue weighted by molar-refractivity contribution is 0.139. The predicted octanol–water partition coefficient (Wildman–Crippen LogP) is 3.58. The third-order valence-electron chi connectivity index (χ3n) is 5.57. The second kappa shape index (κ2) is 5.88. The van der Waals surface area contributed by atoms with Crippen molar-refractivity contribution in [2.45, 2.75) is 70.9 Å². The highest BCUT2D eigenvalue weighted by Gasteiger charge is 2.53. The van der Waals surface area contributed by atoms with Crippen LogP contribution in [0.1, 0.15) is 64.1 Å². The third-order valence-corrected chi connectivity index (χ3v) is 5.57. The van der Waals surface area contributed by atoms with Gasteiger partial charge in [0.2, 0.25) is 0 Å². The Bertz CT molecular complexity index is 426. The Hall–Kier alpha value is -0.830. The van der Waals surface area contributed by atoms with Crippen molar-refractivity contribution < 1.29 is 5.11 Å². The maximum atomic E-state index is 10.5. The number of aliphatic hydroxyl groups excluding tert-OH is 1. The van der Waals surface area contributed by atoms with Gasteiger partial charge in [-0.3, -0.25) is 4.68 Å². The van der Waals surface area contributed by atoms with Crippen LogP contribution in [-0.2, 0) is 6.42 Å². The molecule has 0 aliphatic heterocycles. The second-order valence-corrected chi connectivity index (χ2v) is 6.72. The third kappa shape index (κ3) is 2.65. The normalized spacial score (nSPS) is 30.3. The minimum Gasteiger partial charge on any atom is -0.392 e. The first-order valence-electron chi connectivity index (χ1n) is 8.46. The average molecular weight is 276 g/mol. The molecule has 1 heterocycles. The van der Waals surface area contributed by atoms with Crippen molar-refractivity contribution in [1.82, 2.24) is 9.78 Å². The van der Waals surface area contributed by atoms with Crippen molar-refractivity contribution in [1.29, 1.82) is 0 Å². The molecular formula is C17H28N2O. The van der Waals surface area contributed by atoms with Crippen molar-refractivity contribution in [3.05, 3.63) is 18.0 Å². The van der Waals surface area contributed by atoms with E-state index in [0.29, 0.717) is 12.0 Å². The van der Waals surface area contributed by atoms with E-state index in [-0.39, 0.29) is 6.10 Å². The summed E-state index contributed by atoms with van der Waals surface area (Å²) in [5.74, 6) is 2.20. The number of fused-ring (bicyclic) bond motifs is 1. The van der Waals surface area contributed by atoms with Crippen molar-refractivity contribution in [2.75, 3.05) is 0 Å². The smallest absolute Gasteiger partial charge is 0.0650 e. The Morgan fingerprint density at radius 1 is 1.25 bits per heavy atom. The molecule has 2 saturated carbocycles. The van der Waals surface area contributed by atoms with Crippen LogP contribution in [0, 0.1) is 17.8 Å². The molecule has 0 saturated heterocycles. The minimum absolute atomic E-state index is 0.173. The number of rotatable bonds is 6. The van der Waals surface area contributed by atoms with Gasteiger partial charge in [0.05, 0.1) is 17.8 Å². The van der Waals surface area contributed by atoms with Crippen LogP contribution in [-0.4, -0.2) is 21.0 Å². The van der Waals surface area contributed by atoms with E-state index in [1.54, 1.807) is 0 Å². The zero-order chi connectivity index (χ0) is 14.1. The lowest BCUT2D eigenvalue weighted by atomic mass is 10.0. The molecule has 1 aromatic rings. The molecule has 0 aromatic carbocycles. The maximum absolute atomic E-state index is 10.5. The van der Waals surface area contributed by atoms with Gasteiger partial charge in [-0.1, -0.05) is 26.7 Å². The molecule has 0 amide bonds. The Kier molecular flexibility index (Phi) is 4.16. The maximum Gasteiger partial charge on any atom is 0.0650 e. The fraction of sp³-hybridized carbons (Fsp3) is 0.824. The predicted molar refractivity (Wildman–Crippen MR) is 80.5 cm³/mol. The van der Waals surface area contributed by atoms with Gasteiger partial charge in [-0.15, -0.1) is 0 Å². The summed E-state index contributed by atoms with van der Waals surface area (Å²) in [4.78, 5) is 0. The topological polar surface area (TPSA) is 38.0 Å². The molecule has 20 heavy (non-hydrogen) atoms. The van der Waals surface area contributed by atoms with E-state index >= 15 is 0 Å². The standard InChI is InChI=1S/C17H28N2O/c1-3-13(4-2)19-10-9-12(18-19)11-16(20)17-14-7-5-6-8-15(14)17/h9-10,13-17,20H,3-8,11H2,1-2H3. The molecule has 2 fully saturated rings. The highest BCUT2D eigenvalue weighted by atomic mass is 16.3. The van der Waals surface area contributed by atoms with Crippen LogP contribution in [0.5, 0.6) is 0 Å². The number of hydrogen-bond donors (Lipinski definition) is 1. The number of aromatic nitrogens is 2. The summed E-state index contributed by atoms with van der Waals surface area (Å²) in [7, 11) is 0. The van der Waals surface area contributed by atoms with E-state index in [2.05, 4.69) is 35.9 Å². The minimum atomic E-state index is -0.173. The van der Waals surface area contributed by atoms with E-state index in [4.69, 9.17) is 0 Å². The summed E-state index contributed by atoms with van der Waals surface area (Å²) >= 11 is 0. The van der Waals surface area contributed by atoms with Crippen molar-refractivity contribution in [3.63, 3.8) is 0 Å². The molecule has 3 nitrogen and oxygen atoms in total. The highest BCUT2D eigenvalue weighted by molar-refractivity contribution is 5.08. The Morgan fingerprint density at radius 3 is 2.50 bits per heavy atom. The van der Waals surface area contributed by atoms with Gasteiger partial charge in [-0.25, -0.2) is 0 Å². The molecule has 1 aromatic heterocycles. The van der Waals surface area contributed by atoms with Gasteiger partial charge >= 0.3 is 0 Å². The first-order valence-corrected chi connectivity index (χ1v) is 8.46. The molecule has 2 aliphatic carbocycles. The zero-order valence-corrected chi connectivity index (χ0v) is 12.8. The van der Waals surface area contributed by atoms with Crippen LogP contribution in [0.2, 0.25) is 0 Å². The summed E-state index contributed by atoms with van der Waals surface area (Å²) in [6.07, 6.45) is 10.3. The quantitative estimate of drug-likeness (QED) is 0.862.